The number of aryl methyl sites for hydroxylation is 1. The summed E-state index contributed by atoms with van der Waals surface area (Å²) in [4.78, 5) is 25.7. The maximum absolute atomic E-state index is 12.8. The SMILES string of the molecule is CCOC(=O)c1c(-c2ccc(CC)cc2)csc1NC(=O)/C=C/c1ccc(OCc2ccc(Cl)cc2)c(OC)c1. The van der Waals surface area contributed by atoms with Gasteiger partial charge in [-0.05, 0) is 65.9 Å². The maximum Gasteiger partial charge on any atom is 0.341 e. The van der Waals surface area contributed by atoms with Crippen molar-refractivity contribution in [2.45, 2.75) is 26.9 Å². The second-order valence-corrected chi connectivity index (χ2v) is 10.1. The molecule has 8 heteroatoms. The van der Waals surface area contributed by atoms with E-state index in [2.05, 4.69) is 12.2 Å². The van der Waals surface area contributed by atoms with Crippen LogP contribution in [0.4, 0.5) is 5.00 Å². The van der Waals surface area contributed by atoms with E-state index in [1.807, 2.05) is 60.0 Å². The van der Waals surface area contributed by atoms with Crippen molar-refractivity contribution in [1.82, 2.24) is 0 Å². The van der Waals surface area contributed by atoms with E-state index in [0.717, 1.165) is 28.7 Å². The van der Waals surface area contributed by atoms with E-state index in [4.69, 9.17) is 25.8 Å². The predicted octanol–water partition coefficient (Wildman–Crippen LogP) is 8.05. The molecule has 0 fully saturated rings. The van der Waals surface area contributed by atoms with Crippen molar-refractivity contribution in [3.63, 3.8) is 0 Å². The Bertz CT molecular complexity index is 1490. The molecule has 0 aliphatic heterocycles. The van der Waals surface area contributed by atoms with Crippen LogP contribution in [0.2, 0.25) is 5.02 Å². The summed E-state index contributed by atoms with van der Waals surface area (Å²) in [5, 5.41) is 5.81. The van der Waals surface area contributed by atoms with Crippen LogP contribution in [0.25, 0.3) is 17.2 Å². The number of anilines is 1. The number of halogens is 1. The Balaban J connectivity index is 1.47. The second kappa shape index (κ2) is 13.8. The standard InChI is InChI=1S/C32H30ClNO5S/c1-4-21-6-12-24(13-7-21)26-20-40-31(30(26)32(36)38-5-2)34-29(35)17-11-22-10-16-27(28(18-22)37-3)39-19-23-8-14-25(33)15-9-23/h6-18,20H,4-5,19H2,1-3H3,(H,34,35)/b17-11+. The van der Waals surface area contributed by atoms with Crippen LogP contribution in [-0.2, 0) is 22.6 Å². The molecule has 40 heavy (non-hydrogen) atoms. The van der Waals surface area contributed by atoms with Crippen molar-refractivity contribution < 1.29 is 23.8 Å². The number of rotatable bonds is 11. The molecule has 0 saturated carbocycles. The molecule has 0 bridgehead atoms. The number of carbonyl (C=O) groups is 2. The molecule has 0 aliphatic carbocycles. The topological polar surface area (TPSA) is 73.9 Å². The van der Waals surface area contributed by atoms with E-state index in [9.17, 15) is 9.59 Å². The number of amides is 1. The Hall–Kier alpha value is -4.07. The molecule has 206 valence electrons. The van der Waals surface area contributed by atoms with E-state index in [1.54, 1.807) is 32.2 Å². The maximum atomic E-state index is 12.8. The average Bonchev–Trinajstić information content (AvgIpc) is 3.39. The van der Waals surface area contributed by atoms with Crippen molar-refractivity contribution in [3.8, 4) is 22.6 Å². The zero-order valence-corrected chi connectivity index (χ0v) is 24.1. The third-order valence-corrected chi connectivity index (χ3v) is 7.25. The fraction of sp³-hybridized carbons (Fsp3) is 0.188. The lowest BCUT2D eigenvalue weighted by Crippen LogP contribution is -2.12. The summed E-state index contributed by atoms with van der Waals surface area (Å²) in [7, 11) is 1.56. The molecule has 1 amide bonds. The number of ether oxygens (including phenoxy) is 3. The van der Waals surface area contributed by atoms with Crippen molar-refractivity contribution >= 4 is 45.9 Å². The van der Waals surface area contributed by atoms with Gasteiger partial charge in [-0.25, -0.2) is 4.79 Å². The van der Waals surface area contributed by atoms with Gasteiger partial charge in [-0.1, -0.05) is 61.0 Å². The molecular weight excluding hydrogens is 546 g/mol. The van der Waals surface area contributed by atoms with Gasteiger partial charge in [0.25, 0.3) is 0 Å². The number of benzene rings is 3. The molecule has 6 nitrogen and oxygen atoms in total. The smallest absolute Gasteiger partial charge is 0.341 e. The molecule has 1 heterocycles. The average molecular weight is 576 g/mol. The Labute approximate surface area is 243 Å². The van der Waals surface area contributed by atoms with E-state index in [0.29, 0.717) is 33.7 Å². The number of nitrogens with one attached hydrogen (secondary N) is 1. The number of thiophene rings is 1. The fourth-order valence-electron chi connectivity index (χ4n) is 3.96. The minimum Gasteiger partial charge on any atom is -0.493 e. The van der Waals surface area contributed by atoms with Gasteiger partial charge in [0.1, 0.15) is 17.2 Å². The monoisotopic (exact) mass is 575 g/mol. The molecule has 4 rings (SSSR count). The lowest BCUT2D eigenvalue weighted by molar-refractivity contribution is -0.111. The van der Waals surface area contributed by atoms with Gasteiger partial charge in [-0.2, -0.15) is 0 Å². The van der Waals surface area contributed by atoms with Crippen LogP contribution in [0.5, 0.6) is 11.5 Å². The fourth-order valence-corrected chi connectivity index (χ4v) is 5.05. The van der Waals surface area contributed by atoms with Crippen LogP contribution in [-0.4, -0.2) is 25.6 Å². The second-order valence-electron chi connectivity index (χ2n) is 8.77. The highest BCUT2D eigenvalue weighted by Crippen LogP contribution is 2.36. The van der Waals surface area contributed by atoms with Gasteiger partial charge in [0, 0.05) is 22.0 Å². The highest BCUT2D eigenvalue weighted by molar-refractivity contribution is 7.15. The van der Waals surface area contributed by atoms with Crippen molar-refractivity contribution in [2.75, 3.05) is 19.0 Å². The Kier molecular flexibility index (Phi) is 10.00. The summed E-state index contributed by atoms with van der Waals surface area (Å²) in [5.41, 5.74) is 4.89. The Morgan fingerprint density at radius 3 is 2.35 bits per heavy atom. The van der Waals surface area contributed by atoms with Crippen molar-refractivity contribution in [1.29, 1.82) is 0 Å². The van der Waals surface area contributed by atoms with Crippen LogP contribution >= 0.6 is 22.9 Å². The van der Waals surface area contributed by atoms with Crippen LogP contribution in [0.1, 0.15) is 40.9 Å². The molecule has 1 aromatic heterocycles. The molecule has 4 aromatic rings. The van der Waals surface area contributed by atoms with Gasteiger partial charge in [-0.3, -0.25) is 4.79 Å². The van der Waals surface area contributed by atoms with E-state index < -0.39 is 5.97 Å². The minimum absolute atomic E-state index is 0.234. The van der Waals surface area contributed by atoms with Gasteiger partial charge in [0.05, 0.1) is 13.7 Å². The van der Waals surface area contributed by atoms with Crippen LogP contribution < -0.4 is 14.8 Å². The molecule has 0 unspecified atom stereocenters. The van der Waals surface area contributed by atoms with Crippen LogP contribution in [0, 0.1) is 0 Å². The first-order chi connectivity index (χ1) is 19.4. The number of carbonyl (C=O) groups excluding carboxylic acids is 2. The molecular formula is C32H30ClNO5S. The summed E-state index contributed by atoms with van der Waals surface area (Å²) < 4.78 is 16.7. The van der Waals surface area contributed by atoms with Gasteiger partial charge in [-0.15, -0.1) is 11.3 Å². The molecule has 0 aliphatic rings. The van der Waals surface area contributed by atoms with Crippen molar-refractivity contribution in [2.24, 2.45) is 0 Å². The summed E-state index contributed by atoms with van der Waals surface area (Å²) >= 11 is 7.23. The molecule has 3 aromatic carbocycles. The third kappa shape index (κ3) is 7.31. The molecule has 0 atom stereocenters. The van der Waals surface area contributed by atoms with Gasteiger partial charge in [0.15, 0.2) is 11.5 Å². The van der Waals surface area contributed by atoms with Gasteiger partial charge in [0.2, 0.25) is 5.91 Å². The van der Waals surface area contributed by atoms with Gasteiger partial charge >= 0.3 is 5.97 Å². The molecule has 0 spiro atoms. The third-order valence-electron chi connectivity index (χ3n) is 6.10. The Morgan fingerprint density at radius 1 is 0.950 bits per heavy atom. The summed E-state index contributed by atoms with van der Waals surface area (Å²) in [6.45, 7) is 4.44. The lowest BCUT2D eigenvalue weighted by Gasteiger charge is -2.11. The minimum atomic E-state index is -0.475. The summed E-state index contributed by atoms with van der Waals surface area (Å²) in [5.74, 6) is 0.271. The van der Waals surface area contributed by atoms with Gasteiger partial charge < -0.3 is 19.5 Å². The molecule has 1 N–H and O–H groups in total. The number of hydrogen-bond donors (Lipinski definition) is 1. The lowest BCUT2D eigenvalue weighted by atomic mass is 10.0. The zero-order valence-electron chi connectivity index (χ0n) is 22.5. The molecule has 0 saturated heterocycles. The first-order valence-electron chi connectivity index (χ1n) is 12.8. The first-order valence-corrected chi connectivity index (χ1v) is 14.1. The number of methoxy groups -OCH3 is 1. The zero-order chi connectivity index (χ0) is 28.5. The largest absolute Gasteiger partial charge is 0.493 e. The normalized spacial score (nSPS) is 10.9. The number of esters is 1. The molecule has 0 radical (unpaired) electrons. The van der Waals surface area contributed by atoms with Crippen molar-refractivity contribution in [3.05, 3.63) is 105 Å². The highest BCUT2D eigenvalue weighted by atomic mass is 35.5. The van der Waals surface area contributed by atoms with E-state index >= 15 is 0 Å². The first kappa shape index (κ1) is 28.9. The number of hydrogen-bond acceptors (Lipinski definition) is 6. The Morgan fingerprint density at radius 2 is 1.68 bits per heavy atom. The van der Waals surface area contributed by atoms with E-state index in [-0.39, 0.29) is 12.5 Å². The quantitative estimate of drug-likeness (QED) is 0.145. The summed E-state index contributed by atoms with van der Waals surface area (Å²) in [6, 6.07) is 20.9. The van der Waals surface area contributed by atoms with E-state index in [1.165, 1.54) is 23.0 Å². The predicted molar refractivity (Wildman–Crippen MR) is 162 cm³/mol. The van der Waals surface area contributed by atoms with Crippen LogP contribution in [0.3, 0.4) is 0 Å². The highest BCUT2D eigenvalue weighted by Gasteiger charge is 2.22. The van der Waals surface area contributed by atoms with Crippen LogP contribution in [0.15, 0.2) is 78.2 Å². The summed E-state index contributed by atoms with van der Waals surface area (Å²) in [6.07, 6.45) is 4.00.